The zero-order valence-electron chi connectivity index (χ0n) is 16.5. The Labute approximate surface area is 178 Å². The monoisotopic (exact) mass is 429 g/mol. The van der Waals surface area contributed by atoms with E-state index in [0.29, 0.717) is 42.1 Å². The third-order valence-corrected chi connectivity index (χ3v) is 6.22. The Hall–Kier alpha value is -2.93. The quantitative estimate of drug-likeness (QED) is 0.759. The van der Waals surface area contributed by atoms with Crippen molar-refractivity contribution in [2.24, 2.45) is 0 Å². The van der Waals surface area contributed by atoms with Gasteiger partial charge < -0.3 is 10.2 Å². The maximum atomic E-state index is 13.8. The minimum absolute atomic E-state index is 0.0946. The maximum absolute atomic E-state index is 13.8. The van der Waals surface area contributed by atoms with Gasteiger partial charge in [-0.1, -0.05) is 35.9 Å². The molecule has 2 aliphatic heterocycles. The molecular formula is C22H21ClFN3O3. The first-order valence-corrected chi connectivity index (χ1v) is 10.1. The van der Waals surface area contributed by atoms with Crippen molar-refractivity contribution in [3.63, 3.8) is 0 Å². The summed E-state index contributed by atoms with van der Waals surface area (Å²) in [6.07, 6.45) is 0.605. The number of hydrogen-bond donors (Lipinski definition) is 1. The van der Waals surface area contributed by atoms with E-state index in [9.17, 15) is 18.8 Å². The molecule has 6 nitrogen and oxygen atoms in total. The highest BCUT2D eigenvalue weighted by Gasteiger charge is 2.52. The lowest BCUT2D eigenvalue weighted by atomic mass is 9.87. The van der Waals surface area contributed by atoms with E-state index < -0.39 is 17.4 Å². The molecule has 4 rings (SSSR count). The molecule has 0 saturated carbocycles. The molecule has 0 aliphatic carbocycles. The lowest BCUT2D eigenvalue weighted by molar-refractivity contribution is -0.133. The first-order valence-electron chi connectivity index (χ1n) is 9.74. The first kappa shape index (κ1) is 20.3. The normalized spacial score (nSPS) is 18.1. The number of nitrogens with zero attached hydrogens (tertiary/aromatic N) is 2. The number of carbonyl (C=O) groups excluding carboxylic acids is 3. The van der Waals surface area contributed by atoms with Crippen LogP contribution in [0.5, 0.6) is 0 Å². The fourth-order valence-corrected chi connectivity index (χ4v) is 4.15. The Kier molecular flexibility index (Phi) is 5.24. The smallest absolute Gasteiger partial charge is 0.325 e. The lowest BCUT2D eigenvalue weighted by Crippen LogP contribution is -2.55. The summed E-state index contributed by atoms with van der Waals surface area (Å²) in [6, 6.07) is 11.0. The number of likely N-dealkylation sites (tertiary alicyclic amines) is 1. The summed E-state index contributed by atoms with van der Waals surface area (Å²) in [5.74, 6) is -1.02. The molecule has 2 fully saturated rings. The number of halogens is 2. The van der Waals surface area contributed by atoms with Gasteiger partial charge in [0.1, 0.15) is 11.4 Å². The Balaban J connectivity index is 1.45. The molecule has 0 bridgehead atoms. The number of piperidine rings is 1. The largest absolute Gasteiger partial charge is 0.338 e. The second-order valence-electron chi connectivity index (χ2n) is 7.75. The predicted molar refractivity (Wildman–Crippen MR) is 110 cm³/mol. The molecule has 2 saturated heterocycles. The molecule has 2 aromatic rings. The number of nitrogens with one attached hydrogen (secondary N) is 1. The highest BCUT2D eigenvalue weighted by atomic mass is 35.5. The third kappa shape index (κ3) is 3.54. The average molecular weight is 430 g/mol. The van der Waals surface area contributed by atoms with Gasteiger partial charge in [0.25, 0.3) is 11.8 Å². The molecule has 2 aliphatic rings. The summed E-state index contributed by atoms with van der Waals surface area (Å²) in [4.78, 5) is 41.1. The van der Waals surface area contributed by atoms with Crippen LogP contribution < -0.4 is 5.32 Å². The van der Waals surface area contributed by atoms with Crippen LogP contribution in [0.3, 0.4) is 0 Å². The van der Waals surface area contributed by atoms with Gasteiger partial charge in [-0.2, -0.15) is 0 Å². The van der Waals surface area contributed by atoms with Crippen LogP contribution in [0.4, 0.5) is 9.18 Å². The number of urea groups is 1. The standard InChI is InChI=1S/C22H21ClFN3O3/c1-14-6-7-15(12-18(14)24)19(28)26-10-8-22(9-11-26)20(29)27(21(30)25-22)13-16-4-2-3-5-17(16)23/h2-7,12H,8-11,13H2,1H3,(H,25,30). The van der Waals surface area contributed by atoms with Crippen LogP contribution in [0, 0.1) is 12.7 Å². The number of imide groups is 1. The summed E-state index contributed by atoms with van der Waals surface area (Å²) in [5.41, 5.74) is 0.417. The second-order valence-corrected chi connectivity index (χ2v) is 8.16. The number of rotatable bonds is 3. The summed E-state index contributed by atoms with van der Waals surface area (Å²) >= 11 is 6.17. The van der Waals surface area contributed by atoms with Gasteiger partial charge in [0, 0.05) is 23.7 Å². The number of aryl methyl sites for hydroxylation is 1. The van der Waals surface area contributed by atoms with Gasteiger partial charge in [-0.25, -0.2) is 9.18 Å². The Bertz CT molecular complexity index is 1030. The molecule has 0 unspecified atom stereocenters. The van der Waals surface area contributed by atoms with E-state index >= 15 is 0 Å². The van der Waals surface area contributed by atoms with Crippen LogP contribution >= 0.6 is 11.6 Å². The number of hydrogen-bond acceptors (Lipinski definition) is 3. The van der Waals surface area contributed by atoms with E-state index in [1.807, 2.05) is 0 Å². The van der Waals surface area contributed by atoms with E-state index in [-0.39, 0.29) is 23.9 Å². The first-order chi connectivity index (χ1) is 14.3. The zero-order chi connectivity index (χ0) is 21.5. The highest BCUT2D eigenvalue weighted by Crippen LogP contribution is 2.32. The zero-order valence-corrected chi connectivity index (χ0v) is 17.2. The number of amides is 4. The van der Waals surface area contributed by atoms with Crippen molar-refractivity contribution in [1.82, 2.24) is 15.1 Å². The Morgan fingerprint density at radius 2 is 1.87 bits per heavy atom. The van der Waals surface area contributed by atoms with Crippen LogP contribution in [0.25, 0.3) is 0 Å². The van der Waals surface area contributed by atoms with Gasteiger partial charge in [-0.05, 0) is 49.1 Å². The van der Waals surface area contributed by atoms with Crippen molar-refractivity contribution < 1.29 is 18.8 Å². The Morgan fingerprint density at radius 3 is 2.53 bits per heavy atom. The molecular weight excluding hydrogens is 409 g/mol. The molecule has 1 N–H and O–H groups in total. The van der Waals surface area contributed by atoms with E-state index in [1.165, 1.54) is 11.0 Å². The molecule has 4 amide bonds. The van der Waals surface area contributed by atoms with Crippen molar-refractivity contribution in [3.8, 4) is 0 Å². The topological polar surface area (TPSA) is 69.7 Å². The molecule has 0 radical (unpaired) electrons. The van der Waals surface area contributed by atoms with Crippen molar-refractivity contribution in [2.75, 3.05) is 13.1 Å². The third-order valence-electron chi connectivity index (χ3n) is 5.86. The Morgan fingerprint density at radius 1 is 1.17 bits per heavy atom. The highest BCUT2D eigenvalue weighted by molar-refractivity contribution is 6.31. The van der Waals surface area contributed by atoms with Crippen LogP contribution in [0.1, 0.15) is 34.3 Å². The van der Waals surface area contributed by atoms with Gasteiger partial charge in [0.05, 0.1) is 6.54 Å². The van der Waals surface area contributed by atoms with Gasteiger partial charge in [-0.3, -0.25) is 14.5 Å². The summed E-state index contributed by atoms with van der Waals surface area (Å²) in [7, 11) is 0. The van der Waals surface area contributed by atoms with E-state index in [2.05, 4.69) is 5.32 Å². The van der Waals surface area contributed by atoms with Crippen molar-refractivity contribution in [2.45, 2.75) is 31.8 Å². The molecule has 0 atom stereocenters. The average Bonchev–Trinajstić information content (AvgIpc) is 2.95. The van der Waals surface area contributed by atoms with Crippen molar-refractivity contribution >= 4 is 29.4 Å². The minimum Gasteiger partial charge on any atom is -0.338 e. The molecule has 2 heterocycles. The van der Waals surface area contributed by atoms with Crippen LogP contribution in [0.2, 0.25) is 5.02 Å². The van der Waals surface area contributed by atoms with Gasteiger partial charge in [0.2, 0.25) is 0 Å². The number of carbonyl (C=O) groups is 3. The number of benzene rings is 2. The van der Waals surface area contributed by atoms with Crippen LogP contribution in [-0.2, 0) is 11.3 Å². The van der Waals surface area contributed by atoms with Crippen molar-refractivity contribution in [1.29, 1.82) is 0 Å². The lowest BCUT2D eigenvalue weighted by Gasteiger charge is -2.37. The van der Waals surface area contributed by atoms with Gasteiger partial charge in [0.15, 0.2) is 0 Å². The fraction of sp³-hybridized carbons (Fsp3) is 0.318. The molecule has 156 valence electrons. The molecule has 2 aromatic carbocycles. The molecule has 8 heteroatoms. The molecule has 30 heavy (non-hydrogen) atoms. The van der Waals surface area contributed by atoms with E-state index in [1.54, 1.807) is 48.2 Å². The second kappa shape index (κ2) is 7.72. The summed E-state index contributed by atoms with van der Waals surface area (Å²) in [5, 5.41) is 3.31. The molecule has 1 spiro atoms. The predicted octanol–water partition coefficient (Wildman–Crippen LogP) is 3.51. The van der Waals surface area contributed by atoms with Gasteiger partial charge in [-0.15, -0.1) is 0 Å². The van der Waals surface area contributed by atoms with Crippen LogP contribution in [0.15, 0.2) is 42.5 Å². The van der Waals surface area contributed by atoms with Crippen LogP contribution in [-0.4, -0.2) is 46.3 Å². The molecule has 0 aromatic heterocycles. The summed E-state index contributed by atoms with van der Waals surface area (Å²) in [6.45, 7) is 2.31. The van der Waals surface area contributed by atoms with Gasteiger partial charge >= 0.3 is 6.03 Å². The van der Waals surface area contributed by atoms with Crippen molar-refractivity contribution in [3.05, 3.63) is 70.0 Å². The SMILES string of the molecule is Cc1ccc(C(=O)N2CCC3(CC2)NC(=O)N(Cc2ccccc2Cl)C3=O)cc1F. The summed E-state index contributed by atoms with van der Waals surface area (Å²) < 4.78 is 13.8. The fourth-order valence-electron chi connectivity index (χ4n) is 3.96. The maximum Gasteiger partial charge on any atom is 0.325 e. The van der Waals surface area contributed by atoms with E-state index in [0.717, 1.165) is 0 Å². The minimum atomic E-state index is -1.02. The van der Waals surface area contributed by atoms with E-state index in [4.69, 9.17) is 11.6 Å².